The Morgan fingerprint density at radius 1 is 1.07 bits per heavy atom. The fourth-order valence-corrected chi connectivity index (χ4v) is 4.20. The first kappa shape index (κ1) is 21.1. The Kier molecular flexibility index (Phi) is 7.43. The van der Waals surface area contributed by atoms with E-state index >= 15 is 0 Å². The van der Waals surface area contributed by atoms with E-state index in [1.54, 1.807) is 11.7 Å². The summed E-state index contributed by atoms with van der Waals surface area (Å²) in [6.07, 6.45) is 5.49. The first-order valence-electron chi connectivity index (χ1n) is 9.80. The minimum atomic E-state index is -1.11. The Labute approximate surface area is 173 Å². The van der Waals surface area contributed by atoms with E-state index in [-0.39, 0.29) is 5.91 Å². The predicted molar refractivity (Wildman–Crippen MR) is 118 cm³/mol. The molecule has 3 rings (SSSR count). The molecule has 1 aromatic heterocycles. The number of aromatic nitrogens is 1. The lowest BCUT2D eigenvalue weighted by atomic mass is 10.1. The van der Waals surface area contributed by atoms with Crippen molar-refractivity contribution in [3.05, 3.63) is 54.6 Å². The number of aromatic amines is 1. The van der Waals surface area contributed by atoms with Crippen molar-refractivity contribution in [2.45, 2.75) is 32.1 Å². The molecule has 0 fully saturated rings. The molecule has 1 amide bonds. The molecule has 154 valence electrons. The van der Waals surface area contributed by atoms with Crippen LogP contribution in [-0.4, -0.2) is 33.1 Å². The maximum absolute atomic E-state index is 12.2. The Morgan fingerprint density at radius 2 is 1.79 bits per heavy atom. The number of fused-ring (bicyclic) bond motifs is 1. The Morgan fingerprint density at radius 3 is 2.48 bits per heavy atom. The first-order valence-corrected chi connectivity index (χ1v) is 11.3. The number of H-pyrrole nitrogens is 1. The van der Waals surface area contributed by atoms with Crippen LogP contribution in [0.5, 0.6) is 0 Å². The van der Waals surface area contributed by atoms with E-state index in [9.17, 15) is 9.00 Å². The zero-order valence-electron chi connectivity index (χ0n) is 16.6. The third kappa shape index (κ3) is 5.68. The van der Waals surface area contributed by atoms with Gasteiger partial charge in [0.25, 0.3) is 0 Å². The fourth-order valence-electron chi connectivity index (χ4n) is 3.39. The molecule has 0 saturated heterocycles. The van der Waals surface area contributed by atoms with E-state index in [1.807, 2.05) is 40.7 Å². The molecule has 7 heteroatoms. The normalized spacial score (nSPS) is 12.1. The lowest BCUT2D eigenvalue weighted by Gasteiger charge is -2.21. The molecule has 0 aliphatic rings. The number of unbranched alkanes of at least 4 members (excludes halogenated alkanes) is 3. The second-order valence-electron chi connectivity index (χ2n) is 7.04. The maximum atomic E-state index is 12.2. The number of amides is 1. The largest absolute Gasteiger partial charge is 0.355 e. The molecule has 1 heterocycles. The Bertz CT molecular complexity index is 936. The van der Waals surface area contributed by atoms with Gasteiger partial charge in [-0.05, 0) is 42.7 Å². The van der Waals surface area contributed by atoms with Crippen molar-refractivity contribution in [3.63, 3.8) is 0 Å². The summed E-state index contributed by atoms with van der Waals surface area (Å²) in [5, 5.41) is 9.66. The van der Waals surface area contributed by atoms with Crippen molar-refractivity contribution in [2.75, 3.05) is 17.1 Å². The maximum Gasteiger partial charge on any atom is 0.243 e. The van der Waals surface area contributed by atoms with Crippen molar-refractivity contribution in [1.82, 2.24) is 10.5 Å². The number of nitrogens with zero attached hydrogens (tertiary/aromatic N) is 1. The SMILES string of the molecule is CS(=O)N(CCCCCCC(=O)NO)c1ccc(-c2cc3ccccc3[nH]2)cc1. The molecule has 29 heavy (non-hydrogen) atoms. The van der Waals surface area contributed by atoms with Gasteiger partial charge in [-0.2, -0.15) is 0 Å². The van der Waals surface area contributed by atoms with E-state index < -0.39 is 11.0 Å². The van der Waals surface area contributed by atoms with Gasteiger partial charge in [0.05, 0.1) is 0 Å². The number of anilines is 1. The summed E-state index contributed by atoms with van der Waals surface area (Å²) in [6, 6.07) is 18.4. The minimum Gasteiger partial charge on any atom is -0.355 e. The number of carbonyl (C=O) groups excluding carboxylic acids is 1. The minimum absolute atomic E-state index is 0.329. The second-order valence-corrected chi connectivity index (χ2v) is 8.33. The number of hydroxylamine groups is 1. The average Bonchev–Trinajstić information content (AvgIpc) is 3.17. The second kappa shape index (κ2) is 10.2. The fraction of sp³-hybridized carbons (Fsp3) is 0.318. The highest BCUT2D eigenvalue weighted by Gasteiger charge is 2.11. The predicted octanol–water partition coefficient (Wildman–Crippen LogP) is 4.39. The van der Waals surface area contributed by atoms with Crippen LogP contribution in [0.4, 0.5) is 5.69 Å². The van der Waals surface area contributed by atoms with E-state index in [0.29, 0.717) is 13.0 Å². The average molecular weight is 414 g/mol. The summed E-state index contributed by atoms with van der Waals surface area (Å²) in [7, 11) is -1.11. The van der Waals surface area contributed by atoms with Gasteiger partial charge in [0.2, 0.25) is 5.91 Å². The van der Waals surface area contributed by atoms with Gasteiger partial charge in [0.15, 0.2) is 0 Å². The molecule has 1 atom stereocenters. The van der Waals surface area contributed by atoms with E-state index in [4.69, 9.17) is 5.21 Å². The molecule has 6 nitrogen and oxygen atoms in total. The van der Waals surface area contributed by atoms with Crippen molar-refractivity contribution < 1.29 is 14.2 Å². The number of benzene rings is 2. The summed E-state index contributed by atoms with van der Waals surface area (Å²) in [6.45, 7) is 0.695. The lowest BCUT2D eigenvalue weighted by Crippen LogP contribution is -2.25. The van der Waals surface area contributed by atoms with Crippen molar-refractivity contribution >= 4 is 33.5 Å². The molecule has 0 aliphatic carbocycles. The van der Waals surface area contributed by atoms with Crippen LogP contribution in [0, 0.1) is 0 Å². The summed E-state index contributed by atoms with van der Waals surface area (Å²) in [4.78, 5) is 14.4. The van der Waals surface area contributed by atoms with Crippen LogP contribution in [0.15, 0.2) is 54.6 Å². The lowest BCUT2D eigenvalue weighted by molar-refractivity contribution is -0.129. The molecular weight excluding hydrogens is 386 g/mol. The number of rotatable bonds is 10. The molecule has 0 radical (unpaired) electrons. The number of hydrogen-bond acceptors (Lipinski definition) is 3. The molecule has 0 aliphatic heterocycles. The number of hydrogen-bond donors (Lipinski definition) is 3. The quantitative estimate of drug-likeness (QED) is 0.262. The van der Waals surface area contributed by atoms with Gasteiger partial charge < -0.3 is 4.98 Å². The Balaban J connectivity index is 1.58. The molecule has 3 aromatic rings. The molecule has 0 spiro atoms. The highest BCUT2D eigenvalue weighted by atomic mass is 32.2. The Hall–Kier alpha value is -2.64. The monoisotopic (exact) mass is 413 g/mol. The summed E-state index contributed by atoms with van der Waals surface area (Å²) in [5.74, 6) is -0.351. The van der Waals surface area contributed by atoms with Crippen LogP contribution in [-0.2, 0) is 15.8 Å². The molecule has 1 unspecified atom stereocenters. The summed E-state index contributed by atoms with van der Waals surface area (Å²) in [5.41, 5.74) is 5.85. The van der Waals surface area contributed by atoms with Crippen molar-refractivity contribution in [1.29, 1.82) is 0 Å². The number of nitrogens with one attached hydrogen (secondary N) is 2. The van der Waals surface area contributed by atoms with Gasteiger partial charge in [0, 0.05) is 41.5 Å². The number of carbonyl (C=O) groups is 1. The van der Waals surface area contributed by atoms with Gasteiger partial charge in [-0.1, -0.05) is 43.2 Å². The van der Waals surface area contributed by atoms with Gasteiger partial charge in [-0.15, -0.1) is 0 Å². The molecule has 2 aromatic carbocycles. The third-order valence-electron chi connectivity index (χ3n) is 4.95. The van der Waals surface area contributed by atoms with Crippen molar-refractivity contribution in [3.8, 4) is 11.3 Å². The third-order valence-corrected chi connectivity index (χ3v) is 5.96. The highest BCUT2D eigenvalue weighted by molar-refractivity contribution is 7.85. The van der Waals surface area contributed by atoms with E-state index in [0.717, 1.165) is 48.1 Å². The van der Waals surface area contributed by atoms with Crippen LogP contribution in [0.25, 0.3) is 22.2 Å². The summed E-state index contributed by atoms with van der Waals surface area (Å²) < 4.78 is 14.1. The topological polar surface area (TPSA) is 85.4 Å². The molecule has 3 N–H and O–H groups in total. The summed E-state index contributed by atoms with van der Waals surface area (Å²) >= 11 is 0. The van der Waals surface area contributed by atoms with Crippen LogP contribution in [0.2, 0.25) is 0 Å². The molecule has 0 saturated carbocycles. The van der Waals surface area contributed by atoms with Gasteiger partial charge >= 0.3 is 0 Å². The first-order chi connectivity index (χ1) is 14.1. The van der Waals surface area contributed by atoms with Crippen molar-refractivity contribution in [2.24, 2.45) is 0 Å². The highest BCUT2D eigenvalue weighted by Crippen LogP contribution is 2.26. The van der Waals surface area contributed by atoms with E-state index in [2.05, 4.69) is 23.2 Å². The van der Waals surface area contributed by atoms with Crippen LogP contribution >= 0.6 is 0 Å². The van der Waals surface area contributed by atoms with Gasteiger partial charge in [-0.3, -0.25) is 14.3 Å². The smallest absolute Gasteiger partial charge is 0.243 e. The van der Waals surface area contributed by atoms with Crippen LogP contribution in [0.1, 0.15) is 32.1 Å². The zero-order valence-corrected chi connectivity index (χ0v) is 17.4. The zero-order chi connectivity index (χ0) is 20.6. The van der Waals surface area contributed by atoms with Crippen LogP contribution < -0.4 is 9.79 Å². The van der Waals surface area contributed by atoms with E-state index in [1.165, 1.54) is 5.39 Å². The van der Waals surface area contributed by atoms with Gasteiger partial charge in [-0.25, -0.2) is 9.69 Å². The van der Waals surface area contributed by atoms with Gasteiger partial charge in [0.1, 0.15) is 11.0 Å². The molecular formula is C22H27N3O3S. The number of para-hydroxylation sites is 1. The molecule has 0 bridgehead atoms. The standard InChI is InChI=1S/C22H27N3O3S/c1-29(28)25(15-7-3-2-4-10-22(26)24-27)19-13-11-17(12-14-19)21-16-18-8-5-6-9-20(18)23-21/h5-6,8-9,11-14,16,23,27H,2-4,7,10,15H2,1H3,(H,24,26). The van der Waals surface area contributed by atoms with Crippen LogP contribution in [0.3, 0.4) is 0 Å².